The van der Waals surface area contributed by atoms with Gasteiger partial charge in [0, 0.05) is 25.7 Å². The number of esters is 4. The van der Waals surface area contributed by atoms with Gasteiger partial charge in [-0.1, -0.05) is 351 Å². The van der Waals surface area contributed by atoms with E-state index in [0.29, 0.717) is 31.6 Å². The molecule has 0 spiro atoms. The van der Waals surface area contributed by atoms with Crippen molar-refractivity contribution in [2.45, 2.75) is 420 Å². The van der Waals surface area contributed by atoms with Crippen molar-refractivity contribution in [3.8, 4) is 0 Å². The van der Waals surface area contributed by atoms with Crippen LogP contribution in [0.5, 0.6) is 0 Å². The van der Waals surface area contributed by atoms with Gasteiger partial charge in [-0.3, -0.25) is 37.3 Å². The molecule has 0 aliphatic carbocycles. The quantitative estimate of drug-likeness (QED) is 0.0222. The molecule has 0 aromatic heterocycles. The van der Waals surface area contributed by atoms with E-state index in [-0.39, 0.29) is 25.7 Å². The lowest BCUT2D eigenvalue weighted by Crippen LogP contribution is -2.30. The zero-order valence-corrected chi connectivity index (χ0v) is 66.2. The lowest BCUT2D eigenvalue weighted by Gasteiger charge is -2.21. The summed E-state index contributed by atoms with van der Waals surface area (Å²) in [4.78, 5) is 72.8. The van der Waals surface area contributed by atoms with Crippen LogP contribution in [0.25, 0.3) is 0 Å². The van der Waals surface area contributed by atoms with Crippen LogP contribution in [-0.2, 0) is 65.4 Å². The van der Waals surface area contributed by atoms with Crippen LogP contribution in [0.4, 0.5) is 0 Å². The SMILES string of the molecule is CCC(C)CCCCCCCCC(=O)OC[C@H](COP(=O)(O)OC[C@H](O)COP(=O)(O)OC[C@@H](COC(=O)CCCCCCCCCCCCCCCCCC(C)C)OC(=O)CCCCCCCCC(C)C)OC(=O)CCCCCCCCCCCCCCCCCCCCC(C)C. The van der Waals surface area contributed by atoms with Gasteiger partial charge < -0.3 is 33.8 Å². The van der Waals surface area contributed by atoms with Crippen LogP contribution < -0.4 is 0 Å². The standard InChI is InChI=1S/C79H154O17P2/c1-9-72(8)58-50-42-36-38-44-52-60-77(82)90-66-74(95-78(83)61-53-45-34-30-26-22-17-13-11-10-12-15-19-23-27-31-39-47-55-69(2)3)67-93-97(85,86)91-63-73(80)64-92-98(87,88)94-68-75(96-79(84)62-54-46-37-35-41-49-57-71(6)7)65-89-76(81)59-51-43-33-29-25-21-18-14-16-20-24-28-32-40-48-56-70(4)5/h69-75,80H,9-68H2,1-8H3,(H,85,86)(H,87,88)/t72?,73-,74+,75+/m0/s1. The molecule has 0 saturated heterocycles. The lowest BCUT2D eigenvalue weighted by atomic mass is 10.00. The maximum Gasteiger partial charge on any atom is 0.472 e. The van der Waals surface area contributed by atoms with Crippen LogP contribution in [-0.4, -0.2) is 96.7 Å². The first kappa shape index (κ1) is 96.1. The fourth-order valence-corrected chi connectivity index (χ4v) is 13.6. The summed E-state index contributed by atoms with van der Waals surface area (Å²) in [5.74, 6) is 0.903. The van der Waals surface area contributed by atoms with Crippen molar-refractivity contribution in [2.24, 2.45) is 23.7 Å². The number of carbonyl (C=O) groups excluding carboxylic acids is 4. The van der Waals surface area contributed by atoms with E-state index in [9.17, 15) is 43.2 Å². The summed E-state index contributed by atoms with van der Waals surface area (Å²) in [6.45, 7) is 14.2. The van der Waals surface area contributed by atoms with Gasteiger partial charge in [0.15, 0.2) is 12.2 Å². The Morgan fingerprint density at radius 2 is 0.490 bits per heavy atom. The van der Waals surface area contributed by atoms with E-state index in [0.717, 1.165) is 114 Å². The molecule has 582 valence electrons. The van der Waals surface area contributed by atoms with Crippen LogP contribution in [0.3, 0.4) is 0 Å². The molecule has 0 aliphatic rings. The first-order valence-corrected chi connectivity index (χ1v) is 43.7. The number of carbonyl (C=O) groups is 4. The Hall–Kier alpha value is -1.94. The van der Waals surface area contributed by atoms with Crippen molar-refractivity contribution < 1.29 is 80.2 Å². The average molecular weight is 1440 g/mol. The molecule has 0 heterocycles. The topological polar surface area (TPSA) is 237 Å². The van der Waals surface area contributed by atoms with Crippen molar-refractivity contribution in [3.05, 3.63) is 0 Å². The number of hydrogen-bond donors (Lipinski definition) is 3. The molecule has 0 radical (unpaired) electrons. The Labute approximate surface area is 600 Å². The van der Waals surface area contributed by atoms with Crippen LogP contribution in [0.1, 0.15) is 402 Å². The third-order valence-electron chi connectivity index (χ3n) is 18.7. The highest BCUT2D eigenvalue weighted by Crippen LogP contribution is 2.45. The van der Waals surface area contributed by atoms with Gasteiger partial charge in [-0.15, -0.1) is 0 Å². The summed E-state index contributed by atoms with van der Waals surface area (Å²) in [5, 5.41) is 10.6. The highest BCUT2D eigenvalue weighted by Gasteiger charge is 2.30. The summed E-state index contributed by atoms with van der Waals surface area (Å²) < 4.78 is 68.5. The summed E-state index contributed by atoms with van der Waals surface area (Å²) in [6.07, 6.45) is 54.5. The van der Waals surface area contributed by atoms with Gasteiger partial charge in [0.25, 0.3) is 0 Å². The average Bonchev–Trinajstić information content (AvgIpc) is 1.01. The molecular weight excluding hydrogens is 1280 g/mol. The van der Waals surface area contributed by atoms with Crippen molar-refractivity contribution in [2.75, 3.05) is 39.6 Å². The van der Waals surface area contributed by atoms with E-state index in [4.69, 9.17) is 37.0 Å². The van der Waals surface area contributed by atoms with E-state index >= 15 is 0 Å². The Morgan fingerprint density at radius 1 is 0.286 bits per heavy atom. The number of aliphatic hydroxyl groups is 1. The molecule has 0 aromatic carbocycles. The first-order valence-electron chi connectivity index (χ1n) is 40.7. The number of unbranched alkanes of at least 4 members (excludes halogenated alkanes) is 41. The third-order valence-corrected chi connectivity index (χ3v) is 20.6. The van der Waals surface area contributed by atoms with Crippen molar-refractivity contribution in [3.63, 3.8) is 0 Å². The number of hydrogen-bond acceptors (Lipinski definition) is 15. The fraction of sp³-hybridized carbons (Fsp3) is 0.949. The van der Waals surface area contributed by atoms with Gasteiger partial charge in [0.1, 0.15) is 19.3 Å². The van der Waals surface area contributed by atoms with E-state index < -0.39 is 97.5 Å². The molecule has 98 heavy (non-hydrogen) atoms. The molecule has 3 N–H and O–H groups in total. The van der Waals surface area contributed by atoms with Crippen LogP contribution in [0.2, 0.25) is 0 Å². The van der Waals surface area contributed by atoms with Gasteiger partial charge in [-0.25, -0.2) is 9.13 Å². The number of ether oxygens (including phenoxy) is 4. The lowest BCUT2D eigenvalue weighted by molar-refractivity contribution is -0.161. The van der Waals surface area contributed by atoms with E-state index in [1.165, 1.54) is 199 Å². The molecule has 0 saturated carbocycles. The summed E-state index contributed by atoms with van der Waals surface area (Å²) in [6, 6.07) is 0. The zero-order valence-electron chi connectivity index (χ0n) is 64.4. The highest BCUT2D eigenvalue weighted by molar-refractivity contribution is 7.47. The summed E-state index contributed by atoms with van der Waals surface area (Å²) in [7, 11) is -9.91. The van der Waals surface area contributed by atoms with Crippen LogP contribution in [0.15, 0.2) is 0 Å². The smallest absolute Gasteiger partial charge is 0.462 e. The second-order valence-corrected chi connectivity index (χ2v) is 33.0. The zero-order chi connectivity index (χ0) is 72.4. The minimum absolute atomic E-state index is 0.102. The largest absolute Gasteiger partial charge is 0.472 e. The van der Waals surface area contributed by atoms with E-state index in [1.54, 1.807) is 0 Å². The normalized spacial score (nSPS) is 14.3. The number of phosphoric acid groups is 2. The monoisotopic (exact) mass is 1440 g/mol. The second kappa shape index (κ2) is 68.2. The van der Waals surface area contributed by atoms with E-state index in [2.05, 4.69) is 55.4 Å². The molecule has 0 fully saturated rings. The number of aliphatic hydroxyl groups excluding tert-OH is 1. The fourth-order valence-electron chi connectivity index (χ4n) is 12.0. The van der Waals surface area contributed by atoms with Gasteiger partial charge in [-0.05, 0) is 49.4 Å². The predicted molar refractivity (Wildman–Crippen MR) is 400 cm³/mol. The Balaban J connectivity index is 5.13. The second-order valence-electron chi connectivity index (χ2n) is 30.1. The van der Waals surface area contributed by atoms with Gasteiger partial charge in [0.2, 0.25) is 0 Å². The molecule has 3 unspecified atom stereocenters. The van der Waals surface area contributed by atoms with Crippen molar-refractivity contribution in [1.82, 2.24) is 0 Å². The predicted octanol–water partition coefficient (Wildman–Crippen LogP) is 23.2. The molecule has 0 aliphatic heterocycles. The van der Waals surface area contributed by atoms with Gasteiger partial charge in [0.05, 0.1) is 26.4 Å². The van der Waals surface area contributed by atoms with Crippen LogP contribution >= 0.6 is 15.6 Å². The third kappa shape index (κ3) is 71.1. The molecule has 0 aromatic rings. The molecular formula is C79H154O17P2. The first-order chi connectivity index (χ1) is 47.1. The van der Waals surface area contributed by atoms with Gasteiger partial charge >= 0.3 is 39.5 Å². The van der Waals surface area contributed by atoms with Gasteiger partial charge in [-0.2, -0.15) is 0 Å². The minimum atomic E-state index is -4.96. The molecule has 0 rings (SSSR count). The minimum Gasteiger partial charge on any atom is -0.462 e. The van der Waals surface area contributed by atoms with E-state index in [1.807, 2.05) is 0 Å². The highest BCUT2D eigenvalue weighted by atomic mass is 31.2. The Bertz CT molecular complexity index is 1920. The molecule has 19 heteroatoms. The number of rotatable bonds is 76. The van der Waals surface area contributed by atoms with Crippen molar-refractivity contribution >= 4 is 39.5 Å². The number of phosphoric ester groups is 2. The van der Waals surface area contributed by atoms with Crippen molar-refractivity contribution in [1.29, 1.82) is 0 Å². The maximum atomic E-state index is 13.1. The summed E-state index contributed by atoms with van der Waals surface area (Å²) in [5.41, 5.74) is 0. The molecule has 0 amide bonds. The Morgan fingerprint density at radius 3 is 0.724 bits per heavy atom. The molecule has 0 bridgehead atoms. The maximum absolute atomic E-state index is 13.1. The van der Waals surface area contributed by atoms with Crippen LogP contribution in [0, 0.1) is 23.7 Å². The Kier molecular flexibility index (Phi) is 66.8. The summed E-state index contributed by atoms with van der Waals surface area (Å²) >= 11 is 0. The molecule has 17 nitrogen and oxygen atoms in total. The molecule has 6 atom stereocenters.